The SMILES string of the molecule is CC(=O)c1sc(NC(=O)[C@@H]2CCCN(S(C)(=O)=O)C2)nc1C. The Bertz CT molecular complexity index is 696. The number of ketones is 1. The molecule has 2 rings (SSSR count). The first-order chi connectivity index (χ1) is 10.2. The molecule has 0 saturated carbocycles. The Morgan fingerprint density at radius 1 is 1.41 bits per heavy atom. The Hall–Kier alpha value is -1.32. The molecule has 1 saturated heterocycles. The molecule has 1 aromatic heterocycles. The number of aromatic nitrogens is 1. The molecular formula is C13H19N3O4S2. The molecule has 1 aromatic rings. The van der Waals surface area contributed by atoms with E-state index in [1.54, 1.807) is 6.92 Å². The van der Waals surface area contributed by atoms with Crippen LogP contribution in [0.5, 0.6) is 0 Å². The van der Waals surface area contributed by atoms with E-state index in [4.69, 9.17) is 0 Å². The van der Waals surface area contributed by atoms with Crippen LogP contribution in [-0.2, 0) is 14.8 Å². The van der Waals surface area contributed by atoms with E-state index in [9.17, 15) is 18.0 Å². The van der Waals surface area contributed by atoms with Crippen LogP contribution in [0, 0.1) is 12.8 Å². The smallest absolute Gasteiger partial charge is 0.230 e. The second-order valence-electron chi connectivity index (χ2n) is 5.44. The van der Waals surface area contributed by atoms with E-state index in [0.717, 1.165) is 17.6 Å². The largest absolute Gasteiger partial charge is 0.302 e. The van der Waals surface area contributed by atoms with Crippen LogP contribution in [-0.4, -0.2) is 48.7 Å². The fourth-order valence-corrected chi connectivity index (χ4v) is 4.22. The second kappa shape index (κ2) is 6.43. The molecular weight excluding hydrogens is 326 g/mol. The van der Waals surface area contributed by atoms with Crippen molar-refractivity contribution in [3.05, 3.63) is 10.6 Å². The van der Waals surface area contributed by atoms with Crippen molar-refractivity contribution < 1.29 is 18.0 Å². The highest BCUT2D eigenvalue weighted by atomic mass is 32.2. The molecule has 0 bridgehead atoms. The van der Waals surface area contributed by atoms with Gasteiger partial charge in [-0.2, -0.15) is 0 Å². The van der Waals surface area contributed by atoms with Crippen LogP contribution >= 0.6 is 11.3 Å². The molecule has 1 aliphatic heterocycles. The molecule has 1 amide bonds. The zero-order valence-corrected chi connectivity index (χ0v) is 14.4. The number of sulfonamides is 1. The number of carbonyl (C=O) groups is 2. The van der Waals surface area contributed by atoms with Crippen LogP contribution in [0.1, 0.15) is 35.1 Å². The number of anilines is 1. The van der Waals surface area contributed by atoms with Crippen LogP contribution < -0.4 is 5.32 Å². The minimum Gasteiger partial charge on any atom is -0.302 e. The van der Waals surface area contributed by atoms with Gasteiger partial charge in [0.05, 0.1) is 22.7 Å². The zero-order valence-electron chi connectivity index (χ0n) is 12.7. The van der Waals surface area contributed by atoms with Gasteiger partial charge in [-0.05, 0) is 19.8 Å². The van der Waals surface area contributed by atoms with E-state index in [2.05, 4.69) is 10.3 Å². The minimum atomic E-state index is -3.28. The summed E-state index contributed by atoms with van der Waals surface area (Å²) >= 11 is 1.14. The summed E-state index contributed by atoms with van der Waals surface area (Å²) in [6.07, 6.45) is 2.44. The second-order valence-corrected chi connectivity index (χ2v) is 8.42. The van der Waals surface area contributed by atoms with Crippen LogP contribution in [0.25, 0.3) is 0 Å². The summed E-state index contributed by atoms with van der Waals surface area (Å²) in [5, 5.41) is 3.07. The van der Waals surface area contributed by atoms with Gasteiger partial charge in [0.15, 0.2) is 10.9 Å². The average molecular weight is 345 g/mol. The third-order valence-corrected chi connectivity index (χ3v) is 6.01. The van der Waals surface area contributed by atoms with Crippen molar-refractivity contribution in [3.8, 4) is 0 Å². The number of piperidine rings is 1. The summed E-state index contributed by atoms with van der Waals surface area (Å²) in [5.41, 5.74) is 0.592. The van der Waals surface area contributed by atoms with Gasteiger partial charge in [-0.3, -0.25) is 9.59 Å². The average Bonchev–Trinajstić information content (AvgIpc) is 2.79. The molecule has 122 valence electrons. The molecule has 1 atom stereocenters. The molecule has 0 unspecified atom stereocenters. The highest BCUT2D eigenvalue weighted by molar-refractivity contribution is 7.88. The number of nitrogens with one attached hydrogen (secondary N) is 1. The minimum absolute atomic E-state index is 0.0867. The summed E-state index contributed by atoms with van der Waals surface area (Å²) < 4.78 is 24.5. The summed E-state index contributed by atoms with van der Waals surface area (Å²) in [4.78, 5) is 28.4. The molecule has 0 aromatic carbocycles. The predicted molar refractivity (Wildman–Crippen MR) is 84.6 cm³/mol. The van der Waals surface area contributed by atoms with Crippen molar-refractivity contribution in [2.24, 2.45) is 5.92 Å². The first-order valence-electron chi connectivity index (χ1n) is 6.93. The van der Waals surface area contributed by atoms with E-state index in [-0.39, 0.29) is 18.2 Å². The molecule has 0 spiro atoms. The fraction of sp³-hybridized carbons (Fsp3) is 0.615. The Morgan fingerprint density at radius 2 is 2.09 bits per heavy atom. The van der Waals surface area contributed by atoms with E-state index in [1.165, 1.54) is 11.2 Å². The van der Waals surface area contributed by atoms with Gasteiger partial charge in [-0.1, -0.05) is 11.3 Å². The Balaban J connectivity index is 2.06. The maximum absolute atomic E-state index is 12.3. The van der Waals surface area contributed by atoms with Crippen LogP contribution in [0.2, 0.25) is 0 Å². The number of hydrogen-bond acceptors (Lipinski definition) is 6. The van der Waals surface area contributed by atoms with E-state index >= 15 is 0 Å². The van der Waals surface area contributed by atoms with Crippen LogP contribution in [0.15, 0.2) is 0 Å². The Kier molecular flexibility index (Phi) is 4.98. The number of Topliss-reactive ketones (excluding diaryl/α,β-unsaturated/α-hetero) is 1. The molecule has 22 heavy (non-hydrogen) atoms. The summed E-state index contributed by atoms with van der Waals surface area (Å²) in [6.45, 7) is 3.81. The lowest BCUT2D eigenvalue weighted by atomic mass is 9.99. The molecule has 7 nitrogen and oxygen atoms in total. The molecule has 0 aliphatic carbocycles. The lowest BCUT2D eigenvalue weighted by molar-refractivity contribution is -0.120. The highest BCUT2D eigenvalue weighted by Crippen LogP contribution is 2.25. The summed E-state index contributed by atoms with van der Waals surface area (Å²) in [7, 11) is -3.28. The van der Waals surface area contributed by atoms with Gasteiger partial charge in [-0.25, -0.2) is 17.7 Å². The maximum atomic E-state index is 12.3. The quantitative estimate of drug-likeness (QED) is 0.829. The topological polar surface area (TPSA) is 96.4 Å². The Labute approximate surface area is 133 Å². The maximum Gasteiger partial charge on any atom is 0.230 e. The van der Waals surface area contributed by atoms with Gasteiger partial charge >= 0.3 is 0 Å². The van der Waals surface area contributed by atoms with Gasteiger partial charge in [0.25, 0.3) is 0 Å². The van der Waals surface area contributed by atoms with Crippen molar-refractivity contribution in [1.29, 1.82) is 0 Å². The first kappa shape index (κ1) is 17.0. The number of amides is 1. The fourth-order valence-electron chi connectivity index (χ4n) is 2.44. The lowest BCUT2D eigenvalue weighted by Gasteiger charge is -2.29. The van der Waals surface area contributed by atoms with Crippen molar-refractivity contribution in [3.63, 3.8) is 0 Å². The van der Waals surface area contributed by atoms with Crippen molar-refractivity contribution >= 4 is 38.2 Å². The molecule has 1 N–H and O–H groups in total. The van der Waals surface area contributed by atoms with Gasteiger partial charge < -0.3 is 5.32 Å². The third kappa shape index (κ3) is 3.90. The van der Waals surface area contributed by atoms with E-state index in [1.807, 2.05) is 0 Å². The number of nitrogens with zero attached hydrogens (tertiary/aromatic N) is 2. The van der Waals surface area contributed by atoms with Crippen molar-refractivity contribution in [1.82, 2.24) is 9.29 Å². The molecule has 1 fully saturated rings. The number of aryl methyl sites for hydroxylation is 1. The standard InChI is InChI=1S/C13H19N3O4S2/c1-8-11(9(2)17)21-13(14-8)15-12(18)10-5-4-6-16(7-10)22(3,19)20/h10H,4-7H2,1-3H3,(H,14,15,18)/t10-/m1/s1. The number of thiazole rings is 1. The number of hydrogen-bond donors (Lipinski definition) is 1. The lowest BCUT2D eigenvalue weighted by Crippen LogP contribution is -2.43. The van der Waals surface area contributed by atoms with Crippen molar-refractivity contribution in [2.75, 3.05) is 24.7 Å². The van der Waals surface area contributed by atoms with Gasteiger partial charge in [-0.15, -0.1) is 0 Å². The highest BCUT2D eigenvalue weighted by Gasteiger charge is 2.30. The zero-order chi connectivity index (χ0) is 16.5. The first-order valence-corrected chi connectivity index (χ1v) is 9.59. The Morgan fingerprint density at radius 3 is 2.64 bits per heavy atom. The monoisotopic (exact) mass is 345 g/mol. The molecule has 9 heteroatoms. The van der Waals surface area contributed by atoms with Crippen LogP contribution in [0.4, 0.5) is 5.13 Å². The summed E-state index contributed by atoms with van der Waals surface area (Å²) in [6, 6.07) is 0. The van der Waals surface area contributed by atoms with Gasteiger partial charge in [0.2, 0.25) is 15.9 Å². The third-order valence-electron chi connectivity index (χ3n) is 3.57. The van der Waals surface area contributed by atoms with Crippen LogP contribution in [0.3, 0.4) is 0 Å². The van der Waals surface area contributed by atoms with Crippen molar-refractivity contribution in [2.45, 2.75) is 26.7 Å². The van der Waals surface area contributed by atoms with E-state index < -0.39 is 15.9 Å². The number of carbonyl (C=O) groups excluding carboxylic acids is 2. The normalized spacial score (nSPS) is 19.9. The van der Waals surface area contributed by atoms with Gasteiger partial charge in [0, 0.05) is 20.0 Å². The molecule has 0 radical (unpaired) electrons. The number of rotatable bonds is 4. The van der Waals surface area contributed by atoms with E-state index in [0.29, 0.717) is 35.1 Å². The summed E-state index contributed by atoms with van der Waals surface area (Å²) in [5.74, 6) is -0.734. The predicted octanol–water partition coefficient (Wildman–Crippen LogP) is 1.26. The molecule has 1 aliphatic rings. The van der Waals surface area contributed by atoms with Gasteiger partial charge in [0.1, 0.15) is 0 Å². The molecule has 2 heterocycles.